The Morgan fingerprint density at radius 3 is 3.00 bits per heavy atom. The fraction of sp³-hybridized carbons (Fsp3) is 0.778. The van der Waals surface area contributed by atoms with Crippen molar-refractivity contribution in [3.8, 4) is 0 Å². The summed E-state index contributed by atoms with van der Waals surface area (Å²) >= 11 is 0. The van der Waals surface area contributed by atoms with Crippen molar-refractivity contribution in [2.24, 2.45) is 11.8 Å². The molecule has 0 spiro atoms. The summed E-state index contributed by atoms with van der Waals surface area (Å²) in [4.78, 5) is 21.3. The van der Waals surface area contributed by atoms with Crippen molar-refractivity contribution < 1.29 is 9.59 Å². The van der Waals surface area contributed by atoms with Crippen LogP contribution in [-0.4, -0.2) is 12.1 Å². The van der Waals surface area contributed by atoms with Crippen LogP contribution in [0.5, 0.6) is 0 Å². The van der Waals surface area contributed by atoms with E-state index in [4.69, 9.17) is 0 Å². The largest absolute Gasteiger partial charge is 0.303 e. The summed E-state index contributed by atoms with van der Waals surface area (Å²) in [6.45, 7) is 2.14. The number of rotatable bonds is 2. The Morgan fingerprint density at radius 2 is 2.36 bits per heavy atom. The molecular formula is C9H14O2. The van der Waals surface area contributed by atoms with Crippen LogP contribution in [0.1, 0.15) is 32.6 Å². The highest BCUT2D eigenvalue weighted by atomic mass is 16.1. The van der Waals surface area contributed by atoms with E-state index in [1.54, 1.807) is 0 Å². The summed E-state index contributed by atoms with van der Waals surface area (Å²) in [5, 5.41) is 0. The predicted octanol–water partition coefficient (Wildman–Crippen LogP) is 1.58. The smallest absolute Gasteiger partial charge is 0.136 e. The second-order valence-corrected chi connectivity index (χ2v) is 3.45. The van der Waals surface area contributed by atoms with E-state index in [-0.39, 0.29) is 11.7 Å². The molecule has 1 aliphatic carbocycles. The molecule has 2 nitrogen and oxygen atoms in total. The molecule has 2 heteroatoms. The number of aldehydes is 1. The number of carbonyl (C=O) groups is 2. The van der Waals surface area contributed by atoms with Gasteiger partial charge in [-0.15, -0.1) is 0 Å². The average molecular weight is 154 g/mol. The van der Waals surface area contributed by atoms with Crippen molar-refractivity contribution in [3.63, 3.8) is 0 Å². The third kappa shape index (κ3) is 2.14. The third-order valence-electron chi connectivity index (χ3n) is 2.41. The van der Waals surface area contributed by atoms with Crippen molar-refractivity contribution in [2.75, 3.05) is 0 Å². The highest BCUT2D eigenvalue weighted by molar-refractivity contribution is 5.83. The minimum absolute atomic E-state index is 0.0382. The van der Waals surface area contributed by atoms with Gasteiger partial charge >= 0.3 is 0 Å². The Morgan fingerprint density at radius 1 is 1.64 bits per heavy atom. The predicted molar refractivity (Wildman–Crippen MR) is 42.2 cm³/mol. The lowest BCUT2D eigenvalue weighted by molar-refractivity contribution is -0.127. The van der Waals surface area contributed by atoms with Gasteiger partial charge < -0.3 is 4.79 Å². The maximum atomic E-state index is 11.2. The van der Waals surface area contributed by atoms with E-state index in [0.29, 0.717) is 18.8 Å². The van der Waals surface area contributed by atoms with E-state index in [1.807, 2.05) is 0 Å². The van der Waals surface area contributed by atoms with E-state index >= 15 is 0 Å². The van der Waals surface area contributed by atoms with E-state index in [9.17, 15) is 9.59 Å². The van der Waals surface area contributed by atoms with Gasteiger partial charge in [0, 0.05) is 18.8 Å². The maximum absolute atomic E-state index is 11.2. The number of Topliss-reactive ketones (excluding diaryl/α,β-unsaturated/α-hetero) is 1. The van der Waals surface area contributed by atoms with Crippen molar-refractivity contribution in [1.82, 2.24) is 0 Å². The van der Waals surface area contributed by atoms with Crippen LogP contribution in [-0.2, 0) is 9.59 Å². The minimum Gasteiger partial charge on any atom is -0.303 e. The van der Waals surface area contributed by atoms with Crippen molar-refractivity contribution >= 4 is 12.1 Å². The van der Waals surface area contributed by atoms with Crippen LogP contribution >= 0.6 is 0 Å². The molecule has 0 amide bonds. The molecule has 0 bridgehead atoms. The Hall–Kier alpha value is -0.660. The molecule has 1 rings (SSSR count). The summed E-state index contributed by atoms with van der Waals surface area (Å²) in [5.74, 6) is 0.948. The van der Waals surface area contributed by atoms with Gasteiger partial charge in [-0.3, -0.25) is 4.79 Å². The first-order valence-corrected chi connectivity index (χ1v) is 4.20. The van der Waals surface area contributed by atoms with Gasteiger partial charge in [-0.05, 0) is 18.8 Å². The second kappa shape index (κ2) is 3.65. The molecule has 0 aliphatic heterocycles. The first-order chi connectivity index (χ1) is 5.24. The molecule has 0 aromatic rings. The van der Waals surface area contributed by atoms with Crippen molar-refractivity contribution in [1.29, 1.82) is 0 Å². The molecule has 0 saturated heterocycles. The fourth-order valence-corrected chi connectivity index (χ4v) is 1.67. The van der Waals surface area contributed by atoms with E-state index in [2.05, 4.69) is 6.92 Å². The van der Waals surface area contributed by atoms with E-state index in [1.165, 1.54) is 0 Å². The summed E-state index contributed by atoms with van der Waals surface area (Å²) in [5.41, 5.74) is 0. The van der Waals surface area contributed by atoms with Gasteiger partial charge in [0.15, 0.2) is 0 Å². The zero-order valence-corrected chi connectivity index (χ0v) is 6.88. The number of ketones is 1. The normalized spacial score (nSPS) is 31.9. The van der Waals surface area contributed by atoms with Crippen LogP contribution in [0, 0.1) is 11.8 Å². The van der Waals surface area contributed by atoms with Crippen LogP contribution < -0.4 is 0 Å². The highest BCUT2D eigenvalue weighted by Crippen LogP contribution is 2.27. The molecule has 1 saturated carbocycles. The first kappa shape index (κ1) is 8.44. The van der Waals surface area contributed by atoms with Gasteiger partial charge in [-0.1, -0.05) is 6.92 Å². The monoisotopic (exact) mass is 154 g/mol. The lowest BCUT2D eigenvalue weighted by atomic mass is 9.80. The summed E-state index contributed by atoms with van der Waals surface area (Å²) in [6, 6.07) is 0. The van der Waals surface area contributed by atoms with Gasteiger partial charge in [0.2, 0.25) is 0 Å². The maximum Gasteiger partial charge on any atom is 0.136 e. The Bertz CT molecular complexity index is 163. The lowest BCUT2D eigenvalue weighted by Crippen LogP contribution is -2.23. The molecule has 0 aromatic carbocycles. The molecular weight excluding hydrogens is 140 g/mol. The topological polar surface area (TPSA) is 34.1 Å². The Kier molecular flexibility index (Phi) is 2.80. The summed E-state index contributed by atoms with van der Waals surface area (Å²) < 4.78 is 0. The van der Waals surface area contributed by atoms with Gasteiger partial charge in [-0.25, -0.2) is 0 Å². The molecule has 11 heavy (non-hydrogen) atoms. The second-order valence-electron chi connectivity index (χ2n) is 3.45. The van der Waals surface area contributed by atoms with Crippen LogP contribution in [0.25, 0.3) is 0 Å². The van der Waals surface area contributed by atoms with Gasteiger partial charge in [0.1, 0.15) is 12.1 Å². The molecule has 62 valence electrons. The zero-order valence-electron chi connectivity index (χ0n) is 6.88. The summed E-state index contributed by atoms with van der Waals surface area (Å²) in [6.07, 6.45) is 3.90. The number of carbonyl (C=O) groups excluding carboxylic acids is 2. The molecule has 0 heterocycles. The fourth-order valence-electron chi connectivity index (χ4n) is 1.67. The molecule has 0 aromatic heterocycles. The molecule has 1 aliphatic rings. The quantitative estimate of drug-likeness (QED) is 0.566. The molecule has 2 atom stereocenters. The first-order valence-electron chi connectivity index (χ1n) is 4.20. The van der Waals surface area contributed by atoms with Crippen molar-refractivity contribution in [2.45, 2.75) is 32.6 Å². The number of hydrogen-bond donors (Lipinski definition) is 0. The molecule has 0 radical (unpaired) electrons. The molecule has 0 N–H and O–H groups in total. The molecule has 1 fully saturated rings. The van der Waals surface area contributed by atoms with Crippen LogP contribution in [0.3, 0.4) is 0 Å². The van der Waals surface area contributed by atoms with E-state index < -0.39 is 0 Å². The lowest BCUT2D eigenvalue weighted by Gasteiger charge is -2.23. The Labute approximate surface area is 67.0 Å². The van der Waals surface area contributed by atoms with Crippen LogP contribution in [0.2, 0.25) is 0 Å². The SMILES string of the molecule is CC1CCC(=O)C(CC=O)C1. The van der Waals surface area contributed by atoms with Gasteiger partial charge in [0.05, 0.1) is 0 Å². The van der Waals surface area contributed by atoms with Crippen LogP contribution in [0.15, 0.2) is 0 Å². The number of hydrogen-bond acceptors (Lipinski definition) is 2. The van der Waals surface area contributed by atoms with Gasteiger partial charge in [-0.2, -0.15) is 0 Å². The highest BCUT2D eigenvalue weighted by Gasteiger charge is 2.25. The average Bonchev–Trinajstić information content (AvgIpc) is 1.98. The van der Waals surface area contributed by atoms with Crippen molar-refractivity contribution in [3.05, 3.63) is 0 Å². The van der Waals surface area contributed by atoms with E-state index in [0.717, 1.165) is 19.1 Å². The van der Waals surface area contributed by atoms with Crippen LogP contribution in [0.4, 0.5) is 0 Å². The Balaban J connectivity index is 2.46. The summed E-state index contributed by atoms with van der Waals surface area (Å²) in [7, 11) is 0. The zero-order chi connectivity index (χ0) is 8.27. The third-order valence-corrected chi connectivity index (χ3v) is 2.41. The minimum atomic E-state index is 0.0382. The standard InChI is InChI=1S/C9H14O2/c1-7-2-3-9(11)8(6-7)4-5-10/h5,7-8H,2-4,6H2,1H3. The van der Waals surface area contributed by atoms with Gasteiger partial charge in [0.25, 0.3) is 0 Å². The molecule has 2 unspecified atom stereocenters.